The molecule has 1 atom stereocenters. The van der Waals surface area contributed by atoms with E-state index < -0.39 is 0 Å². The van der Waals surface area contributed by atoms with Crippen molar-refractivity contribution in [2.45, 2.75) is 38.8 Å². The third-order valence-electron chi connectivity index (χ3n) is 5.82. The van der Waals surface area contributed by atoms with E-state index in [1.165, 1.54) is 6.21 Å². The quantitative estimate of drug-likeness (QED) is 0.529. The SMILES string of the molecule is CCCCC1CN(Cc2ccc(C=N)cc2)C(=O)c2cc(-c3ccc(OC)cc3)nn21. The van der Waals surface area contributed by atoms with E-state index in [1.807, 2.05) is 64.2 Å². The molecule has 1 unspecified atom stereocenters. The maximum absolute atomic E-state index is 13.3. The topological polar surface area (TPSA) is 71.2 Å². The number of methoxy groups -OCH3 is 1. The van der Waals surface area contributed by atoms with Gasteiger partial charge in [-0.1, -0.05) is 44.0 Å². The molecule has 1 aromatic heterocycles. The molecule has 3 aromatic rings. The van der Waals surface area contributed by atoms with Crippen LogP contribution in [0.3, 0.4) is 0 Å². The van der Waals surface area contributed by atoms with Crippen molar-refractivity contribution in [3.05, 3.63) is 71.4 Å². The molecule has 1 N–H and O–H groups in total. The highest BCUT2D eigenvalue weighted by molar-refractivity contribution is 5.94. The molecular weight excluding hydrogens is 388 g/mol. The third-order valence-corrected chi connectivity index (χ3v) is 5.82. The Hall–Kier alpha value is -3.41. The summed E-state index contributed by atoms with van der Waals surface area (Å²) in [5.41, 5.74) is 4.35. The van der Waals surface area contributed by atoms with Gasteiger partial charge in [0.1, 0.15) is 11.4 Å². The summed E-state index contributed by atoms with van der Waals surface area (Å²) in [6.45, 7) is 3.40. The highest BCUT2D eigenvalue weighted by Gasteiger charge is 2.32. The number of nitrogens with one attached hydrogen (secondary N) is 1. The maximum atomic E-state index is 13.3. The Morgan fingerprint density at radius 2 is 1.90 bits per heavy atom. The summed E-state index contributed by atoms with van der Waals surface area (Å²) in [6.07, 6.45) is 4.52. The molecule has 6 heteroatoms. The molecule has 31 heavy (non-hydrogen) atoms. The number of rotatable bonds is 8. The van der Waals surface area contributed by atoms with Gasteiger partial charge >= 0.3 is 0 Å². The molecule has 0 spiro atoms. The number of carbonyl (C=O) groups excluding carboxylic acids is 1. The lowest BCUT2D eigenvalue weighted by Gasteiger charge is -2.33. The van der Waals surface area contributed by atoms with E-state index in [1.54, 1.807) is 7.11 Å². The Balaban J connectivity index is 1.63. The van der Waals surface area contributed by atoms with Gasteiger partial charge in [-0.05, 0) is 47.9 Å². The minimum absolute atomic E-state index is 0.0103. The first-order valence-electron chi connectivity index (χ1n) is 10.8. The van der Waals surface area contributed by atoms with Crippen LogP contribution in [0, 0.1) is 5.41 Å². The summed E-state index contributed by atoms with van der Waals surface area (Å²) in [5.74, 6) is 0.806. The summed E-state index contributed by atoms with van der Waals surface area (Å²) in [4.78, 5) is 15.2. The lowest BCUT2D eigenvalue weighted by atomic mass is 10.0. The number of hydrogen-bond acceptors (Lipinski definition) is 4. The van der Waals surface area contributed by atoms with Gasteiger partial charge in [0.25, 0.3) is 5.91 Å². The van der Waals surface area contributed by atoms with Crippen LogP contribution in [-0.4, -0.2) is 40.5 Å². The van der Waals surface area contributed by atoms with Gasteiger partial charge in [-0.3, -0.25) is 9.48 Å². The standard InChI is InChI=1S/C25H28N4O2/c1-3-4-5-21-17-28(16-19-8-6-18(15-26)7-9-19)25(30)24-14-23(27-29(21)24)20-10-12-22(31-2)13-11-20/h6-15,21,26H,3-5,16-17H2,1-2H3. The molecule has 6 nitrogen and oxygen atoms in total. The Kier molecular flexibility index (Phi) is 6.16. The number of nitrogens with zero attached hydrogens (tertiary/aromatic N) is 3. The molecule has 0 radical (unpaired) electrons. The van der Waals surface area contributed by atoms with Crippen LogP contribution >= 0.6 is 0 Å². The van der Waals surface area contributed by atoms with Gasteiger partial charge in [0.05, 0.1) is 18.8 Å². The van der Waals surface area contributed by atoms with E-state index in [2.05, 4.69) is 6.92 Å². The largest absolute Gasteiger partial charge is 0.497 e. The van der Waals surface area contributed by atoms with E-state index in [0.717, 1.165) is 47.4 Å². The predicted molar refractivity (Wildman–Crippen MR) is 122 cm³/mol. The van der Waals surface area contributed by atoms with E-state index in [9.17, 15) is 4.79 Å². The highest BCUT2D eigenvalue weighted by Crippen LogP contribution is 2.30. The molecule has 0 saturated carbocycles. The first-order chi connectivity index (χ1) is 15.1. The van der Waals surface area contributed by atoms with Crippen molar-refractivity contribution in [2.75, 3.05) is 13.7 Å². The third kappa shape index (κ3) is 4.38. The summed E-state index contributed by atoms with van der Waals surface area (Å²) in [5, 5.41) is 12.2. The number of carbonyl (C=O) groups is 1. The molecule has 1 amide bonds. The number of fused-ring (bicyclic) bond motifs is 1. The zero-order valence-electron chi connectivity index (χ0n) is 18.0. The minimum atomic E-state index is 0.0103. The number of ether oxygens (including phenoxy) is 1. The zero-order chi connectivity index (χ0) is 21.8. The average molecular weight is 417 g/mol. The number of benzene rings is 2. The molecule has 0 fully saturated rings. The van der Waals surface area contributed by atoms with Crippen molar-refractivity contribution < 1.29 is 9.53 Å². The molecular formula is C25H28N4O2. The monoisotopic (exact) mass is 416 g/mol. The molecule has 2 heterocycles. The van der Waals surface area contributed by atoms with Crippen LogP contribution in [0.15, 0.2) is 54.6 Å². The predicted octanol–water partition coefficient (Wildman–Crippen LogP) is 4.94. The number of unbranched alkanes of at least 4 members (excludes halogenated alkanes) is 1. The minimum Gasteiger partial charge on any atom is -0.497 e. The molecule has 0 saturated heterocycles. The van der Waals surface area contributed by atoms with Gasteiger partial charge in [0, 0.05) is 24.9 Å². The molecule has 1 aliphatic heterocycles. The summed E-state index contributed by atoms with van der Waals surface area (Å²) >= 11 is 0. The van der Waals surface area contributed by atoms with Crippen LogP contribution in [0.2, 0.25) is 0 Å². The lowest BCUT2D eigenvalue weighted by molar-refractivity contribution is 0.0635. The number of amides is 1. The van der Waals surface area contributed by atoms with Crippen LogP contribution in [0.25, 0.3) is 11.3 Å². The Bertz CT molecular complexity index is 1050. The maximum Gasteiger partial charge on any atom is 0.272 e. The average Bonchev–Trinajstić information content (AvgIpc) is 3.27. The Morgan fingerprint density at radius 1 is 1.16 bits per heavy atom. The van der Waals surface area contributed by atoms with E-state index in [0.29, 0.717) is 18.8 Å². The fourth-order valence-electron chi connectivity index (χ4n) is 4.04. The van der Waals surface area contributed by atoms with Crippen molar-refractivity contribution in [3.8, 4) is 17.0 Å². The van der Waals surface area contributed by atoms with Gasteiger partial charge in [-0.25, -0.2) is 0 Å². The second kappa shape index (κ2) is 9.16. The van der Waals surface area contributed by atoms with E-state index >= 15 is 0 Å². The van der Waals surface area contributed by atoms with Crippen LogP contribution < -0.4 is 4.74 Å². The lowest BCUT2D eigenvalue weighted by Crippen LogP contribution is -2.42. The fourth-order valence-corrected chi connectivity index (χ4v) is 4.04. The smallest absolute Gasteiger partial charge is 0.272 e. The molecule has 4 rings (SSSR count). The first kappa shape index (κ1) is 20.8. The van der Waals surface area contributed by atoms with Crippen molar-refractivity contribution in [1.82, 2.24) is 14.7 Å². The molecule has 0 aliphatic carbocycles. The summed E-state index contributed by atoms with van der Waals surface area (Å²) in [7, 11) is 1.65. The van der Waals surface area contributed by atoms with Crippen LogP contribution in [0.5, 0.6) is 5.75 Å². The summed E-state index contributed by atoms with van der Waals surface area (Å²) < 4.78 is 7.19. The highest BCUT2D eigenvalue weighted by atomic mass is 16.5. The van der Waals surface area contributed by atoms with Crippen LogP contribution in [0.4, 0.5) is 0 Å². The van der Waals surface area contributed by atoms with E-state index in [4.69, 9.17) is 15.2 Å². The van der Waals surface area contributed by atoms with Crippen LogP contribution in [0.1, 0.15) is 53.8 Å². The number of aromatic nitrogens is 2. The van der Waals surface area contributed by atoms with Gasteiger partial charge in [-0.2, -0.15) is 5.10 Å². The van der Waals surface area contributed by atoms with Gasteiger partial charge < -0.3 is 15.0 Å². The van der Waals surface area contributed by atoms with Gasteiger partial charge in [0.15, 0.2) is 0 Å². The first-order valence-corrected chi connectivity index (χ1v) is 10.8. The summed E-state index contributed by atoms with van der Waals surface area (Å²) in [6, 6.07) is 17.7. The van der Waals surface area contributed by atoms with E-state index in [-0.39, 0.29) is 11.9 Å². The normalized spacial score (nSPS) is 15.6. The second-order valence-electron chi connectivity index (χ2n) is 7.96. The van der Waals surface area contributed by atoms with Crippen molar-refractivity contribution in [3.63, 3.8) is 0 Å². The van der Waals surface area contributed by atoms with Crippen molar-refractivity contribution >= 4 is 12.1 Å². The zero-order valence-corrected chi connectivity index (χ0v) is 18.0. The number of hydrogen-bond donors (Lipinski definition) is 1. The molecule has 1 aliphatic rings. The van der Waals surface area contributed by atoms with Gasteiger partial charge in [-0.15, -0.1) is 0 Å². The molecule has 0 bridgehead atoms. The van der Waals surface area contributed by atoms with Crippen molar-refractivity contribution in [2.24, 2.45) is 0 Å². The molecule has 160 valence electrons. The van der Waals surface area contributed by atoms with Crippen molar-refractivity contribution in [1.29, 1.82) is 5.41 Å². The fraction of sp³-hybridized carbons (Fsp3) is 0.320. The second-order valence-corrected chi connectivity index (χ2v) is 7.96. The Morgan fingerprint density at radius 3 is 2.55 bits per heavy atom. The molecule has 2 aromatic carbocycles. The van der Waals surface area contributed by atoms with Gasteiger partial charge in [0.2, 0.25) is 0 Å². The van der Waals surface area contributed by atoms with Crippen LogP contribution in [-0.2, 0) is 6.54 Å². The Labute approximate surface area is 183 Å².